The Morgan fingerprint density at radius 1 is 0.479 bits per heavy atom. The normalized spacial score (nSPS) is 9.06. The molecule has 15 heteroatoms. The van der Waals surface area contributed by atoms with Gasteiger partial charge in [-0.25, -0.2) is 28.8 Å². The van der Waals surface area contributed by atoms with Crippen molar-refractivity contribution in [3.8, 4) is 0 Å². The molecule has 0 spiro atoms. The molecule has 248 valence electrons. The predicted molar refractivity (Wildman–Crippen MR) is 174 cm³/mol. The number of carbonyl (C=O) groups excluding carboxylic acids is 6. The average molecular weight is 657 g/mol. The average Bonchev–Trinajstić information content (AvgIpc) is 3.09. The maximum Gasteiger partial charge on any atom is 0.240 e. The molecule has 3 rings (SSSR count). The fourth-order valence-corrected chi connectivity index (χ4v) is 3.41. The summed E-state index contributed by atoms with van der Waals surface area (Å²) in [7, 11) is 0. The lowest BCUT2D eigenvalue weighted by atomic mass is 9.88. The monoisotopic (exact) mass is 656 g/mol. The Hall–Kier alpha value is -6.18. The minimum atomic E-state index is -0.667. The molecule has 0 radical (unpaired) electrons. The fraction of sp³-hybridized carbons (Fsp3) is 0.273. The van der Waals surface area contributed by atoms with Gasteiger partial charge in [-0.1, -0.05) is 43.3 Å². The second-order valence-electron chi connectivity index (χ2n) is 9.37. The Bertz CT molecular complexity index is 1590. The van der Waals surface area contributed by atoms with Crippen LogP contribution in [0.2, 0.25) is 0 Å². The summed E-state index contributed by atoms with van der Waals surface area (Å²) in [6, 6.07) is 15.2. The molecular weight excluding hydrogens is 624 g/mol. The zero-order chi connectivity index (χ0) is 36.4. The van der Waals surface area contributed by atoms with Crippen molar-refractivity contribution in [2.45, 2.75) is 34.1 Å². The molecule has 3 aromatic carbocycles. The van der Waals surface area contributed by atoms with Crippen LogP contribution in [0.5, 0.6) is 0 Å². The van der Waals surface area contributed by atoms with E-state index in [0.29, 0.717) is 40.5 Å². The van der Waals surface area contributed by atoms with Gasteiger partial charge in [-0.15, -0.1) is 0 Å². The summed E-state index contributed by atoms with van der Waals surface area (Å²) in [6.45, 7) is 6.64. The highest BCUT2D eigenvalue weighted by Gasteiger charge is 2.24. The van der Waals surface area contributed by atoms with Crippen molar-refractivity contribution in [3.63, 3.8) is 0 Å². The van der Waals surface area contributed by atoms with Crippen LogP contribution in [0.25, 0.3) is 0 Å². The number of hydrogen-bond acceptors (Lipinski definition) is 15. The topological polar surface area (TPSA) is 237 Å². The van der Waals surface area contributed by atoms with E-state index in [4.69, 9.17) is 15.3 Å². The maximum atomic E-state index is 10.1. The molecule has 0 aliphatic carbocycles. The Labute approximate surface area is 275 Å². The minimum Gasteiger partial charge on any atom is -0.396 e. The van der Waals surface area contributed by atoms with E-state index in [0.717, 1.165) is 16.7 Å². The molecule has 0 aliphatic heterocycles. The Balaban J connectivity index is 0.000000620. The molecule has 15 nitrogen and oxygen atoms in total. The minimum absolute atomic E-state index is 0.156. The first-order valence-electron chi connectivity index (χ1n) is 13.7. The second-order valence-corrected chi connectivity index (χ2v) is 9.37. The number of aliphatic hydroxyl groups is 3. The van der Waals surface area contributed by atoms with E-state index in [1.807, 2.05) is 6.92 Å². The Morgan fingerprint density at radius 2 is 0.729 bits per heavy atom. The van der Waals surface area contributed by atoms with Crippen LogP contribution in [0.1, 0.15) is 30.0 Å². The van der Waals surface area contributed by atoms with Gasteiger partial charge in [0.15, 0.2) is 0 Å². The van der Waals surface area contributed by atoms with Crippen LogP contribution in [0.3, 0.4) is 0 Å². The largest absolute Gasteiger partial charge is 0.396 e. The quantitative estimate of drug-likeness (QED) is 0.193. The van der Waals surface area contributed by atoms with Gasteiger partial charge in [-0.05, 0) is 62.1 Å². The van der Waals surface area contributed by atoms with Gasteiger partial charge in [0.1, 0.15) is 34.1 Å². The van der Waals surface area contributed by atoms with E-state index in [1.54, 1.807) is 75.4 Å². The standard InChI is InChI=1S/3C9H6N2O2.C6H14O3/c3*1-7-3-2-4-8(10-5-12)9(7)11-6-13;1-2-6(3-7,4-8)5-9/h3*2-4H,1H3;7-9H,2-5H2,1H3. The van der Waals surface area contributed by atoms with Crippen molar-refractivity contribution < 1.29 is 44.1 Å². The lowest BCUT2D eigenvalue weighted by molar-refractivity contribution is 0.00304. The van der Waals surface area contributed by atoms with Crippen molar-refractivity contribution in [1.29, 1.82) is 0 Å². The molecule has 0 amide bonds. The van der Waals surface area contributed by atoms with Gasteiger partial charge in [0.05, 0.1) is 19.8 Å². The van der Waals surface area contributed by atoms with Crippen LogP contribution >= 0.6 is 0 Å². The summed E-state index contributed by atoms with van der Waals surface area (Å²) in [6.07, 6.45) is 9.01. The van der Waals surface area contributed by atoms with Crippen LogP contribution in [0, 0.1) is 26.2 Å². The summed E-state index contributed by atoms with van der Waals surface area (Å²) < 4.78 is 0. The molecule has 0 fully saturated rings. The van der Waals surface area contributed by atoms with Gasteiger partial charge in [0.2, 0.25) is 36.5 Å². The van der Waals surface area contributed by atoms with Crippen LogP contribution in [0.4, 0.5) is 34.1 Å². The number of nitrogens with zero attached hydrogens (tertiary/aromatic N) is 6. The number of benzene rings is 3. The SMILES string of the molecule is CCC(CO)(CO)CO.Cc1cccc(N=C=O)c1N=C=O.Cc1cccc(N=C=O)c1N=C=O.Cc1cccc(N=C=O)c1N=C=O. The van der Waals surface area contributed by atoms with Gasteiger partial charge in [0.25, 0.3) is 0 Å². The molecule has 0 saturated carbocycles. The summed E-state index contributed by atoms with van der Waals surface area (Å²) in [5.41, 5.74) is 3.71. The lowest BCUT2D eigenvalue weighted by Crippen LogP contribution is -2.32. The number of aliphatic imine (C=N–C) groups is 6. The first-order chi connectivity index (χ1) is 23.1. The van der Waals surface area contributed by atoms with E-state index in [2.05, 4.69) is 30.0 Å². The van der Waals surface area contributed by atoms with Crippen molar-refractivity contribution in [2.24, 2.45) is 35.4 Å². The molecule has 0 saturated heterocycles. The zero-order valence-corrected chi connectivity index (χ0v) is 26.5. The molecule has 3 aromatic rings. The number of para-hydroxylation sites is 3. The number of aryl methyl sites for hydroxylation is 3. The van der Waals surface area contributed by atoms with E-state index >= 15 is 0 Å². The van der Waals surface area contributed by atoms with Gasteiger partial charge < -0.3 is 15.3 Å². The fourth-order valence-electron chi connectivity index (χ4n) is 3.41. The van der Waals surface area contributed by atoms with Gasteiger partial charge in [-0.2, -0.15) is 30.0 Å². The summed E-state index contributed by atoms with van der Waals surface area (Å²) in [5.74, 6) is 0. The zero-order valence-electron chi connectivity index (χ0n) is 26.5. The molecule has 0 heterocycles. The highest BCUT2D eigenvalue weighted by Crippen LogP contribution is 2.32. The van der Waals surface area contributed by atoms with Crippen molar-refractivity contribution in [3.05, 3.63) is 71.3 Å². The third-order valence-electron chi connectivity index (χ3n) is 6.38. The van der Waals surface area contributed by atoms with Crippen molar-refractivity contribution >= 4 is 70.6 Å². The van der Waals surface area contributed by atoms with Crippen LogP contribution < -0.4 is 0 Å². The third-order valence-corrected chi connectivity index (χ3v) is 6.38. The molecule has 0 aromatic heterocycles. The molecule has 0 atom stereocenters. The predicted octanol–water partition coefficient (Wildman–Crippen LogP) is 5.15. The smallest absolute Gasteiger partial charge is 0.240 e. The van der Waals surface area contributed by atoms with Gasteiger partial charge in [-0.3, -0.25) is 0 Å². The molecular formula is C33H32N6O9. The highest BCUT2D eigenvalue weighted by molar-refractivity contribution is 5.72. The third kappa shape index (κ3) is 13.9. The van der Waals surface area contributed by atoms with Crippen LogP contribution in [0.15, 0.2) is 84.6 Å². The van der Waals surface area contributed by atoms with Crippen LogP contribution in [-0.4, -0.2) is 71.6 Å². The van der Waals surface area contributed by atoms with Gasteiger partial charge in [0, 0.05) is 5.41 Å². The summed E-state index contributed by atoms with van der Waals surface area (Å²) in [4.78, 5) is 80.7. The summed E-state index contributed by atoms with van der Waals surface area (Å²) in [5, 5.41) is 26.0. The summed E-state index contributed by atoms with van der Waals surface area (Å²) >= 11 is 0. The molecule has 0 unspecified atom stereocenters. The lowest BCUT2D eigenvalue weighted by Gasteiger charge is -2.24. The number of isocyanates is 6. The first kappa shape index (κ1) is 41.8. The maximum absolute atomic E-state index is 10.1. The van der Waals surface area contributed by atoms with Crippen molar-refractivity contribution in [2.75, 3.05) is 19.8 Å². The Morgan fingerprint density at radius 3 is 0.896 bits per heavy atom. The first-order valence-corrected chi connectivity index (χ1v) is 13.7. The van der Waals surface area contributed by atoms with Crippen molar-refractivity contribution in [1.82, 2.24) is 0 Å². The number of rotatable bonds is 10. The van der Waals surface area contributed by atoms with Gasteiger partial charge >= 0.3 is 0 Å². The molecule has 0 aliphatic rings. The number of aliphatic hydroxyl groups excluding tert-OH is 3. The molecule has 0 bridgehead atoms. The molecule has 48 heavy (non-hydrogen) atoms. The Kier molecular flexibility index (Phi) is 21.0. The van der Waals surface area contributed by atoms with E-state index in [9.17, 15) is 28.8 Å². The van der Waals surface area contributed by atoms with E-state index < -0.39 is 5.41 Å². The highest BCUT2D eigenvalue weighted by atomic mass is 16.3. The number of hydrogen-bond donors (Lipinski definition) is 3. The van der Waals surface area contributed by atoms with E-state index in [-0.39, 0.29) is 19.8 Å². The molecule has 3 N–H and O–H groups in total. The van der Waals surface area contributed by atoms with E-state index in [1.165, 1.54) is 36.5 Å². The second kappa shape index (κ2) is 24.1. The van der Waals surface area contributed by atoms with Crippen LogP contribution in [-0.2, 0) is 28.8 Å².